The van der Waals surface area contributed by atoms with E-state index in [-0.39, 0.29) is 42.5 Å². The van der Waals surface area contributed by atoms with E-state index in [1.165, 1.54) is 6.92 Å². The maximum absolute atomic E-state index is 13.8. The Morgan fingerprint density at radius 3 is 1.94 bits per heavy atom. The Balaban J connectivity index is 1.70. The zero-order valence-corrected chi connectivity index (χ0v) is 31.0. The van der Waals surface area contributed by atoms with Crippen molar-refractivity contribution in [1.82, 2.24) is 4.57 Å². The molecule has 4 rings (SSSR count). The maximum atomic E-state index is 13.8. The number of ketones is 2. The molecule has 10 nitrogen and oxygen atoms in total. The van der Waals surface area contributed by atoms with E-state index in [9.17, 15) is 24.0 Å². The summed E-state index contributed by atoms with van der Waals surface area (Å²) in [7, 11) is 0. The van der Waals surface area contributed by atoms with Gasteiger partial charge in [0.2, 0.25) is 5.78 Å². The summed E-state index contributed by atoms with van der Waals surface area (Å²) in [6, 6.07) is 17.6. The van der Waals surface area contributed by atoms with Crippen LogP contribution in [-0.4, -0.2) is 46.4 Å². The van der Waals surface area contributed by atoms with Crippen LogP contribution in [0, 0.1) is 5.92 Å². The molecule has 0 spiro atoms. The monoisotopic (exact) mass is 710 g/mol. The van der Waals surface area contributed by atoms with E-state index < -0.39 is 17.9 Å². The van der Waals surface area contributed by atoms with Crippen LogP contribution in [0.3, 0.4) is 0 Å². The minimum absolute atomic E-state index is 0.0718. The van der Waals surface area contributed by atoms with Gasteiger partial charge in [-0.1, -0.05) is 58.0 Å². The summed E-state index contributed by atoms with van der Waals surface area (Å²) < 4.78 is 12.5. The third-order valence-corrected chi connectivity index (χ3v) is 9.12. The molecule has 0 fully saturated rings. The van der Waals surface area contributed by atoms with Crippen molar-refractivity contribution in [3.8, 4) is 5.75 Å². The summed E-state index contributed by atoms with van der Waals surface area (Å²) in [4.78, 5) is 67.8. The minimum Gasteiger partial charge on any atom is -0.466 e. The highest BCUT2D eigenvalue weighted by Gasteiger charge is 2.21. The van der Waals surface area contributed by atoms with E-state index in [4.69, 9.17) is 14.3 Å². The Bertz CT molecular complexity index is 1920. The number of unbranched alkanes of at least 4 members (excludes halogenated alkanes) is 3. The Kier molecular flexibility index (Phi) is 14.9. The summed E-state index contributed by atoms with van der Waals surface area (Å²) >= 11 is 0. The maximum Gasteiger partial charge on any atom is 0.331 e. The third-order valence-electron chi connectivity index (χ3n) is 9.12. The second kappa shape index (κ2) is 19.5. The number of ether oxygens (including phenoxy) is 2. The highest BCUT2D eigenvalue weighted by molar-refractivity contribution is 6.46. The lowest BCUT2D eigenvalue weighted by Gasteiger charge is -2.17. The van der Waals surface area contributed by atoms with Crippen LogP contribution in [0.2, 0.25) is 0 Å². The molecule has 0 aliphatic rings. The molecule has 1 heterocycles. The zero-order chi connectivity index (χ0) is 37.6. The van der Waals surface area contributed by atoms with Crippen molar-refractivity contribution in [2.75, 3.05) is 6.61 Å². The molecule has 0 saturated heterocycles. The van der Waals surface area contributed by atoms with E-state index in [0.717, 1.165) is 73.3 Å². The molecular weight excluding hydrogens is 660 g/mol. The van der Waals surface area contributed by atoms with E-state index in [1.807, 2.05) is 30.3 Å². The molecule has 10 heteroatoms. The van der Waals surface area contributed by atoms with Crippen molar-refractivity contribution in [2.45, 2.75) is 105 Å². The number of rotatable bonds is 20. The molecule has 1 atom stereocenters. The van der Waals surface area contributed by atoms with Gasteiger partial charge in [0.25, 0.3) is 0 Å². The Labute approximate surface area is 305 Å². The topological polar surface area (TPSA) is 130 Å². The second-order valence-electron chi connectivity index (χ2n) is 13.0. The first-order valence-corrected chi connectivity index (χ1v) is 18.5. The Hall–Kier alpha value is -5.12. The van der Waals surface area contributed by atoms with Gasteiger partial charge in [-0.25, -0.2) is 4.79 Å². The molecule has 0 radical (unpaired) electrons. The van der Waals surface area contributed by atoms with Crippen molar-refractivity contribution >= 4 is 57.0 Å². The van der Waals surface area contributed by atoms with Gasteiger partial charge in [0.15, 0.2) is 5.78 Å². The predicted octanol–water partition coefficient (Wildman–Crippen LogP) is 9.17. The predicted molar refractivity (Wildman–Crippen MR) is 202 cm³/mol. The van der Waals surface area contributed by atoms with Gasteiger partial charge in [0, 0.05) is 52.0 Å². The van der Waals surface area contributed by atoms with Crippen LogP contribution in [-0.2, 0) is 30.5 Å². The molecule has 0 amide bonds. The first-order chi connectivity index (χ1) is 25.1. The van der Waals surface area contributed by atoms with Crippen LogP contribution in [0.15, 0.2) is 65.8 Å². The molecule has 52 heavy (non-hydrogen) atoms. The van der Waals surface area contributed by atoms with Crippen LogP contribution >= 0.6 is 0 Å². The normalized spacial score (nSPS) is 12.1. The molecule has 0 aliphatic carbocycles. The minimum atomic E-state index is -0.591. The fourth-order valence-corrected chi connectivity index (χ4v) is 6.25. The van der Waals surface area contributed by atoms with Crippen LogP contribution in [0.1, 0.15) is 125 Å². The number of nitrogens with zero attached hydrogens (tertiary/aromatic N) is 2. The number of hydrogen-bond acceptors (Lipinski definition) is 9. The molecular formula is C42H50N2O8. The lowest BCUT2D eigenvalue weighted by molar-refractivity contribution is -0.146. The SMILES string of the molecule is CCCCC/C(=N\OC(C)=O)C(=O)c1ccc2c(c1)c1cc(C(=O)c3ccc(OC(=O)CCC(=O)OCC)cc3)ccc1n2CC(CC)CCCC. The fraction of sp³-hybridized carbons (Fsp3) is 0.429. The zero-order valence-electron chi connectivity index (χ0n) is 31.0. The van der Waals surface area contributed by atoms with Gasteiger partial charge < -0.3 is 18.9 Å². The number of benzene rings is 3. The van der Waals surface area contributed by atoms with Crippen molar-refractivity contribution in [3.05, 3.63) is 77.4 Å². The van der Waals surface area contributed by atoms with Crippen LogP contribution in [0.4, 0.5) is 0 Å². The first kappa shape index (κ1) is 39.7. The number of carbonyl (C=O) groups excluding carboxylic acids is 5. The Morgan fingerprint density at radius 2 is 1.33 bits per heavy atom. The van der Waals surface area contributed by atoms with Gasteiger partial charge in [-0.3, -0.25) is 19.2 Å². The molecule has 4 aromatic rings. The number of Topliss-reactive ketones (excluding diaryl/α,β-unsaturated/α-hetero) is 1. The van der Waals surface area contributed by atoms with Gasteiger partial charge in [-0.15, -0.1) is 0 Å². The standard InChI is InChI=1S/C42H50N2O8/c1-6-10-12-14-36(43-52-28(5)45)42(49)32-18-22-38-35(26-32)34-25-31(17-21-37(34)44(38)27-29(8-3)13-11-7-2)41(48)30-15-19-33(20-16-30)51-40(47)24-23-39(46)50-9-4/h15-22,25-26,29H,6-14,23-24,27H2,1-5H3/b43-36+. The average Bonchev–Trinajstić information content (AvgIpc) is 3.45. The first-order valence-electron chi connectivity index (χ1n) is 18.5. The quantitative estimate of drug-likeness (QED) is 0.0169. The average molecular weight is 711 g/mol. The molecule has 276 valence electrons. The Morgan fingerprint density at radius 1 is 0.712 bits per heavy atom. The molecule has 1 unspecified atom stereocenters. The third kappa shape index (κ3) is 10.5. The number of hydrogen-bond donors (Lipinski definition) is 0. The van der Waals surface area contributed by atoms with Crippen molar-refractivity contribution in [1.29, 1.82) is 0 Å². The highest BCUT2D eigenvalue weighted by Crippen LogP contribution is 2.33. The van der Waals surface area contributed by atoms with E-state index >= 15 is 0 Å². The highest BCUT2D eigenvalue weighted by atomic mass is 16.7. The number of esters is 2. The van der Waals surface area contributed by atoms with Crippen molar-refractivity contribution < 1.29 is 38.3 Å². The summed E-state index contributed by atoms with van der Waals surface area (Å²) in [5, 5.41) is 5.62. The largest absolute Gasteiger partial charge is 0.466 e. The van der Waals surface area contributed by atoms with Crippen LogP contribution in [0.25, 0.3) is 21.8 Å². The van der Waals surface area contributed by atoms with Gasteiger partial charge >= 0.3 is 17.9 Å². The van der Waals surface area contributed by atoms with E-state index in [0.29, 0.717) is 29.0 Å². The molecule has 0 saturated carbocycles. The molecule has 0 aliphatic heterocycles. The fourth-order valence-electron chi connectivity index (χ4n) is 6.25. The summed E-state index contributed by atoms with van der Waals surface area (Å²) in [6.45, 7) is 10.5. The van der Waals surface area contributed by atoms with Gasteiger partial charge in [-0.2, -0.15) is 0 Å². The summed E-state index contributed by atoms with van der Waals surface area (Å²) in [5.41, 5.74) is 3.43. The number of fused-ring (bicyclic) bond motifs is 3. The van der Waals surface area contributed by atoms with Gasteiger partial charge in [-0.05, 0) is 92.8 Å². The van der Waals surface area contributed by atoms with E-state index in [1.54, 1.807) is 37.3 Å². The van der Waals surface area contributed by atoms with Gasteiger partial charge in [0.05, 0.1) is 19.4 Å². The van der Waals surface area contributed by atoms with Crippen LogP contribution in [0.5, 0.6) is 5.75 Å². The van der Waals surface area contributed by atoms with Crippen molar-refractivity contribution in [2.24, 2.45) is 11.1 Å². The number of aromatic nitrogens is 1. The molecule has 0 bridgehead atoms. The number of oxime groups is 1. The smallest absolute Gasteiger partial charge is 0.331 e. The summed E-state index contributed by atoms with van der Waals surface area (Å²) in [5.74, 6) is -1.42. The van der Waals surface area contributed by atoms with Crippen LogP contribution < -0.4 is 4.74 Å². The second-order valence-corrected chi connectivity index (χ2v) is 13.0. The van der Waals surface area contributed by atoms with Gasteiger partial charge in [0.1, 0.15) is 11.5 Å². The number of carbonyl (C=O) groups is 5. The van der Waals surface area contributed by atoms with Crippen molar-refractivity contribution in [3.63, 3.8) is 0 Å². The molecule has 3 aromatic carbocycles. The molecule has 1 aromatic heterocycles. The lowest BCUT2D eigenvalue weighted by atomic mass is 9.98. The lowest BCUT2D eigenvalue weighted by Crippen LogP contribution is -2.16. The molecule has 0 N–H and O–H groups in total. The summed E-state index contributed by atoms with van der Waals surface area (Å²) in [6.07, 6.45) is 7.21. The van der Waals surface area contributed by atoms with E-state index in [2.05, 4.69) is 30.5 Å².